The van der Waals surface area contributed by atoms with E-state index in [1.165, 1.54) is 0 Å². The molecule has 1 aromatic carbocycles. The lowest BCUT2D eigenvalue weighted by molar-refractivity contribution is -0.138. The number of halogens is 1. The minimum Gasteiger partial charge on any atom is -0.480 e. The van der Waals surface area contributed by atoms with Gasteiger partial charge in [0, 0.05) is 17.0 Å². The van der Waals surface area contributed by atoms with Crippen molar-refractivity contribution in [2.45, 2.75) is 19.9 Å². The topological polar surface area (TPSA) is 88.2 Å². The van der Waals surface area contributed by atoms with Gasteiger partial charge in [0.25, 0.3) is 0 Å². The zero-order valence-electron chi connectivity index (χ0n) is 11.2. The Morgan fingerprint density at radius 3 is 2.65 bits per heavy atom. The Bertz CT molecular complexity index is 658. The fourth-order valence-corrected chi connectivity index (χ4v) is 2.19. The molecule has 0 fully saturated rings. The summed E-state index contributed by atoms with van der Waals surface area (Å²) in [5.41, 5.74) is 6.40. The first-order valence-electron chi connectivity index (χ1n) is 6.24. The smallest absolute Gasteiger partial charge is 0.326 e. The molecule has 0 spiro atoms. The van der Waals surface area contributed by atoms with Crippen LogP contribution in [0.2, 0.25) is 5.02 Å². The number of nitrogens with zero attached hydrogens (tertiary/aromatic N) is 1. The molecule has 0 aliphatic rings. The zero-order valence-corrected chi connectivity index (χ0v) is 12.0. The second kappa shape index (κ2) is 5.54. The number of rotatable bonds is 4. The van der Waals surface area contributed by atoms with Crippen LogP contribution in [0.25, 0.3) is 10.8 Å². The van der Waals surface area contributed by atoms with Crippen LogP contribution in [-0.4, -0.2) is 22.1 Å². The molecule has 5 nitrogen and oxygen atoms in total. The van der Waals surface area contributed by atoms with Gasteiger partial charge in [0.2, 0.25) is 0 Å². The molecule has 2 aromatic rings. The summed E-state index contributed by atoms with van der Waals surface area (Å²) in [6.07, 6.45) is 1.58. The summed E-state index contributed by atoms with van der Waals surface area (Å²) < 4.78 is 0. The number of anilines is 2. The Morgan fingerprint density at radius 1 is 1.35 bits per heavy atom. The van der Waals surface area contributed by atoms with E-state index in [4.69, 9.17) is 17.3 Å². The molecule has 0 aliphatic carbocycles. The predicted octanol–water partition coefficient (Wildman–Crippen LogP) is 2.99. The van der Waals surface area contributed by atoms with E-state index >= 15 is 0 Å². The summed E-state index contributed by atoms with van der Waals surface area (Å²) in [6, 6.07) is 4.50. The van der Waals surface area contributed by atoms with Crippen molar-refractivity contribution in [2.75, 3.05) is 11.1 Å². The van der Waals surface area contributed by atoms with Crippen LogP contribution in [0.1, 0.15) is 13.8 Å². The normalized spacial score (nSPS) is 12.6. The zero-order chi connectivity index (χ0) is 14.9. The van der Waals surface area contributed by atoms with E-state index in [2.05, 4.69) is 10.3 Å². The summed E-state index contributed by atoms with van der Waals surface area (Å²) in [7, 11) is 0. The Kier molecular flexibility index (Phi) is 3.99. The number of carboxylic acids is 1. The lowest BCUT2D eigenvalue weighted by Crippen LogP contribution is -2.34. The quantitative estimate of drug-likeness (QED) is 0.754. The van der Waals surface area contributed by atoms with E-state index in [0.717, 1.165) is 10.8 Å². The summed E-state index contributed by atoms with van der Waals surface area (Å²) in [6.45, 7) is 3.67. The van der Waals surface area contributed by atoms with Gasteiger partial charge in [-0.15, -0.1) is 0 Å². The van der Waals surface area contributed by atoms with E-state index in [-0.39, 0.29) is 5.92 Å². The number of benzene rings is 1. The van der Waals surface area contributed by atoms with E-state index in [9.17, 15) is 9.90 Å². The van der Waals surface area contributed by atoms with Crippen LogP contribution in [0.5, 0.6) is 0 Å². The highest BCUT2D eigenvalue weighted by atomic mass is 35.5. The summed E-state index contributed by atoms with van der Waals surface area (Å²) in [5.74, 6) is -0.498. The van der Waals surface area contributed by atoms with Gasteiger partial charge in [-0.3, -0.25) is 0 Å². The molecule has 2 rings (SSSR count). The van der Waals surface area contributed by atoms with Crippen molar-refractivity contribution < 1.29 is 9.90 Å². The van der Waals surface area contributed by atoms with Crippen LogP contribution in [-0.2, 0) is 4.79 Å². The monoisotopic (exact) mass is 293 g/mol. The third kappa shape index (κ3) is 2.63. The lowest BCUT2D eigenvalue weighted by atomic mass is 10.0. The standard InChI is InChI=1S/C14H16ClN3O2/c1-7(2)12(14(19)20)18-13-9-3-4-10(15)11(16)8(9)5-6-17-13/h3-7,12H,16H2,1-2H3,(H,17,18)(H,19,20). The number of aromatic nitrogens is 1. The van der Waals surface area contributed by atoms with Crippen molar-refractivity contribution in [3.63, 3.8) is 0 Å². The van der Waals surface area contributed by atoms with E-state index in [1.54, 1.807) is 24.4 Å². The van der Waals surface area contributed by atoms with Crippen molar-refractivity contribution >= 4 is 39.8 Å². The molecule has 0 aliphatic heterocycles. The first-order valence-corrected chi connectivity index (χ1v) is 6.61. The van der Waals surface area contributed by atoms with Gasteiger partial charge < -0.3 is 16.2 Å². The summed E-state index contributed by atoms with van der Waals surface area (Å²) in [4.78, 5) is 15.5. The number of carbonyl (C=O) groups is 1. The fourth-order valence-electron chi connectivity index (χ4n) is 2.03. The van der Waals surface area contributed by atoms with Crippen LogP contribution in [0.4, 0.5) is 11.5 Å². The van der Waals surface area contributed by atoms with Crippen LogP contribution >= 0.6 is 11.6 Å². The summed E-state index contributed by atoms with van der Waals surface area (Å²) in [5, 5.41) is 14.2. The number of nitrogen functional groups attached to an aromatic ring is 1. The van der Waals surface area contributed by atoms with Crippen molar-refractivity contribution in [1.29, 1.82) is 0 Å². The molecule has 20 heavy (non-hydrogen) atoms. The lowest BCUT2D eigenvalue weighted by Gasteiger charge is -2.19. The fraction of sp³-hybridized carbons (Fsp3) is 0.286. The van der Waals surface area contributed by atoms with Gasteiger partial charge in [0.05, 0.1) is 10.7 Å². The molecule has 1 heterocycles. The van der Waals surface area contributed by atoms with Crippen molar-refractivity contribution in [3.05, 3.63) is 29.4 Å². The number of nitrogens with one attached hydrogen (secondary N) is 1. The van der Waals surface area contributed by atoms with E-state index < -0.39 is 12.0 Å². The average molecular weight is 294 g/mol. The Labute approximate surface area is 121 Å². The third-order valence-corrected chi connectivity index (χ3v) is 3.49. The van der Waals surface area contributed by atoms with Crippen LogP contribution in [0.15, 0.2) is 24.4 Å². The molecule has 0 saturated heterocycles. The highest BCUT2D eigenvalue weighted by Gasteiger charge is 2.22. The molecule has 0 amide bonds. The molecular formula is C14H16ClN3O2. The second-order valence-electron chi connectivity index (χ2n) is 4.92. The van der Waals surface area contributed by atoms with Crippen LogP contribution in [0, 0.1) is 5.92 Å². The molecule has 0 radical (unpaired) electrons. The molecule has 4 N–H and O–H groups in total. The molecule has 6 heteroatoms. The number of pyridine rings is 1. The predicted molar refractivity (Wildman–Crippen MR) is 81.0 cm³/mol. The largest absolute Gasteiger partial charge is 0.480 e. The average Bonchev–Trinajstić information content (AvgIpc) is 2.39. The van der Waals surface area contributed by atoms with E-state index in [0.29, 0.717) is 16.5 Å². The molecule has 1 unspecified atom stereocenters. The van der Waals surface area contributed by atoms with Gasteiger partial charge in [-0.2, -0.15) is 0 Å². The summed E-state index contributed by atoms with van der Waals surface area (Å²) >= 11 is 5.99. The first kappa shape index (κ1) is 14.4. The minimum absolute atomic E-state index is 0.0748. The maximum absolute atomic E-state index is 11.3. The van der Waals surface area contributed by atoms with Gasteiger partial charge in [-0.25, -0.2) is 9.78 Å². The van der Waals surface area contributed by atoms with Crippen LogP contribution < -0.4 is 11.1 Å². The SMILES string of the molecule is CC(C)C(Nc1nccc2c(N)c(Cl)ccc12)C(=O)O. The van der Waals surface area contributed by atoms with Gasteiger partial charge in [0.15, 0.2) is 0 Å². The third-order valence-electron chi connectivity index (χ3n) is 3.16. The highest BCUT2D eigenvalue weighted by molar-refractivity contribution is 6.34. The molecule has 0 bridgehead atoms. The number of hydrogen-bond acceptors (Lipinski definition) is 4. The Morgan fingerprint density at radius 2 is 2.05 bits per heavy atom. The maximum Gasteiger partial charge on any atom is 0.326 e. The number of carboxylic acid groups (broad SMARTS) is 1. The Balaban J connectivity index is 2.50. The number of hydrogen-bond donors (Lipinski definition) is 3. The number of nitrogens with two attached hydrogens (primary N) is 1. The number of fused-ring (bicyclic) bond motifs is 1. The molecular weight excluding hydrogens is 278 g/mol. The molecule has 106 valence electrons. The van der Waals surface area contributed by atoms with E-state index in [1.807, 2.05) is 13.8 Å². The molecule has 0 saturated carbocycles. The van der Waals surface area contributed by atoms with Crippen molar-refractivity contribution in [2.24, 2.45) is 5.92 Å². The Hall–Kier alpha value is -2.01. The second-order valence-corrected chi connectivity index (χ2v) is 5.33. The van der Waals surface area contributed by atoms with Crippen molar-refractivity contribution in [1.82, 2.24) is 4.98 Å². The van der Waals surface area contributed by atoms with Crippen LogP contribution in [0.3, 0.4) is 0 Å². The minimum atomic E-state index is -0.916. The molecule has 1 atom stereocenters. The van der Waals surface area contributed by atoms with Gasteiger partial charge in [0.1, 0.15) is 11.9 Å². The highest BCUT2D eigenvalue weighted by Crippen LogP contribution is 2.31. The van der Waals surface area contributed by atoms with Gasteiger partial charge in [-0.1, -0.05) is 25.4 Å². The van der Waals surface area contributed by atoms with Crippen molar-refractivity contribution in [3.8, 4) is 0 Å². The first-order chi connectivity index (χ1) is 9.41. The van der Waals surface area contributed by atoms with Gasteiger partial charge >= 0.3 is 5.97 Å². The maximum atomic E-state index is 11.3. The number of aliphatic carboxylic acids is 1. The molecule has 1 aromatic heterocycles. The van der Waals surface area contributed by atoms with Gasteiger partial charge in [-0.05, 0) is 24.1 Å².